The first kappa shape index (κ1) is 15.9. The number of fused-ring (bicyclic) bond motifs is 1. The van der Waals surface area contributed by atoms with Crippen LogP contribution in [0.15, 0.2) is 30.3 Å². The van der Waals surface area contributed by atoms with Crippen LogP contribution in [-0.4, -0.2) is 17.5 Å². The standard InChI is InChI=1S/C18H16FN3O2/c1-11-12(10-20)4-7-16(21-11)18(23)22-15-3-2-8-24-17-9-13(19)5-6-14(15)17/h4-7,9,15H,2-3,8H2,1H3,(H,22,23). The topological polar surface area (TPSA) is 75.0 Å². The van der Waals surface area contributed by atoms with E-state index in [1.807, 2.05) is 6.07 Å². The van der Waals surface area contributed by atoms with Gasteiger partial charge in [-0.25, -0.2) is 9.37 Å². The van der Waals surface area contributed by atoms with Crippen molar-refractivity contribution in [2.45, 2.75) is 25.8 Å². The van der Waals surface area contributed by atoms with Gasteiger partial charge in [0.05, 0.1) is 23.9 Å². The maximum Gasteiger partial charge on any atom is 0.270 e. The van der Waals surface area contributed by atoms with Crippen molar-refractivity contribution >= 4 is 5.91 Å². The molecular weight excluding hydrogens is 309 g/mol. The lowest BCUT2D eigenvalue weighted by Gasteiger charge is -2.18. The molecular formula is C18H16FN3O2. The molecule has 0 spiro atoms. The van der Waals surface area contributed by atoms with Crippen LogP contribution in [0, 0.1) is 24.1 Å². The molecule has 6 heteroatoms. The normalized spacial score (nSPS) is 16.3. The number of nitrogens with one attached hydrogen (secondary N) is 1. The summed E-state index contributed by atoms with van der Waals surface area (Å²) in [5.41, 5.74) is 1.96. The van der Waals surface area contributed by atoms with Crippen LogP contribution in [0.25, 0.3) is 0 Å². The van der Waals surface area contributed by atoms with Crippen molar-refractivity contribution < 1.29 is 13.9 Å². The smallest absolute Gasteiger partial charge is 0.270 e. The van der Waals surface area contributed by atoms with E-state index in [2.05, 4.69) is 10.3 Å². The molecule has 1 atom stereocenters. The maximum absolute atomic E-state index is 13.4. The second kappa shape index (κ2) is 6.67. The Labute approximate surface area is 139 Å². The van der Waals surface area contributed by atoms with Crippen molar-refractivity contribution in [1.82, 2.24) is 10.3 Å². The van der Waals surface area contributed by atoms with Crippen molar-refractivity contribution in [2.24, 2.45) is 0 Å². The average molecular weight is 325 g/mol. The van der Waals surface area contributed by atoms with E-state index in [-0.39, 0.29) is 23.5 Å². The SMILES string of the molecule is Cc1nc(C(=O)NC2CCCOc3cc(F)ccc32)ccc1C#N. The van der Waals surface area contributed by atoms with Crippen LogP contribution in [0.4, 0.5) is 4.39 Å². The van der Waals surface area contributed by atoms with Gasteiger partial charge in [0.2, 0.25) is 0 Å². The first-order valence-corrected chi connectivity index (χ1v) is 7.69. The van der Waals surface area contributed by atoms with Gasteiger partial charge in [0.15, 0.2) is 0 Å². The summed E-state index contributed by atoms with van der Waals surface area (Å²) < 4.78 is 18.9. The van der Waals surface area contributed by atoms with Gasteiger partial charge in [0, 0.05) is 11.6 Å². The van der Waals surface area contributed by atoms with E-state index in [1.165, 1.54) is 18.2 Å². The second-order valence-corrected chi connectivity index (χ2v) is 5.64. The molecule has 122 valence electrons. The number of benzene rings is 1. The van der Waals surface area contributed by atoms with E-state index in [1.54, 1.807) is 19.1 Å². The molecule has 5 nitrogen and oxygen atoms in total. The van der Waals surface area contributed by atoms with E-state index in [0.717, 1.165) is 12.0 Å². The van der Waals surface area contributed by atoms with E-state index in [9.17, 15) is 9.18 Å². The summed E-state index contributed by atoms with van der Waals surface area (Å²) in [6.07, 6.45) is 1.45. The summed E-state index contributed by atoms with van der Waals surface area (Å²) in [6, 6.07) is 9.19. The van der Waals surface area contributed by atoms with E-state index >= 15 is 0 Å². The van der Waals surface area contributed by atoms with Gasteiger partial charge < -0.3 is 10.1 Å². The van der Waals surface area contributed by atoms with Crippen LogP contribution in [0.3, 0.4) is 0 Å². The summed E-state index contributed by atoms with van der Waals surface area (Å²) in [7, 11) is 0. The Balaban J connectivity index is 1.84. The lowest BCUT2D eigenvalue weighted by Crippen LogP contribution is -2.29. The zero-order valence-corrected chi connectivity index (χ0v) is 13.2. The van der Waals surface area contributed by atoms with E-state index < -0.39 is 0 Å². The third kappa shape index (κ3) is 3.20. The molecule has 0 saturated carbocycles. The number of nitrogens with zero attached hydrogens (tertiary/aromatic N) is 2. The van der Waals surface area contributed by atoms with Gasteiger partial charge in [0.25, 0.3) is 5.91 Å². The van der Waals surface area contributed by atoms with Crippen molar-refractivity contribution in [3.05, 3.63) is 58.7 Å². The Morgan fingerprint density at radius 1 is 1.42 bits per heavy atom. The molecule has 1 unspecified atom stereocenters. The first-order valence-electron chi connectivity index (χ1n) is 7.69. The number of carbonyl (C=O) groups is 1. The molecule has 1 aliphatic heterocycles. The highest BCUT2D eigenvalue weighted by molar-refractivity contribution is 5.92. The summed E-state index contributed by atoms with van der Waals surface area (Å²) in [5, 5.41) is 11.9. The molecule has 24 heavy (non-hydrogen) atoms. The monoisotopic (exact) mass is 325 g/mol. The molecule has 0 fully saturated rings. The minimum absolute atomic E-state index is 0.250. The lowest BCUT2D eigenvalue weighted by atomic mass is 10.0. The molecule has 3 rings (SSSR count). The third-order valence-electron chi connectivity index (χ3n) is 3.99. The quantitative estimate of drug-likeness (QED) is 0.921. The molecule has 0 aliphatic carbocycles. The number of rotatable bonds is 2. The zero-order valence-electron chi connectivity index (χ0n) is 13.2. The molecule has 1 aromatic heterocycles. The fourth-order valence-electron chi connectivity index (χ4n) is 2.73. The Morgan fingerprint density at radius 2 is 2.25 bits per heavy atom. The summed E-state index contributed by atoms with van der Waals surface area (Å²) in [5.74, 6) is -0.239. The van der Waals surface area contributed by atoms with Crippen molar-refractivity contribution in [3.8, 4) is 11.8 Å². The Bertz CT molecular complexity index is 829. The highest BCUT2D eigenvalue weighted by atomic mass is 19.1. The minimum atomic E-state index is -0.370. The number of aryl methyl sites for hydroxylation is 1. The number of hydrogen-bond acceptors (Lipinski definition) is 4. The predicted molar refractivity (Wildman–Crippen MR) is 85.0 cm³/mol. The molecule has 1 aromatic carbocycles. The van der Waals surface area contributed by atoms with Gasteiger partial charge in [0.1, 0.15) is 23.3 Å². The van der Waals surface area contributed by atoms with Crippen LogP contribution < -0.4 is 10.1 Å². The van der Waals surface area contributed by atoms with Gasteiger partial charge >= 0.3 is 0 Å². The number of aromatic nitrogens is 1. The number of nitriles is 1. The van der Waals surface area contributed by atoms with Crippen molar-refractivity contribution in [3.63, 3.8) is 0 Å². The largest absolute Gasteiger partial charge is 0.493 e. The van der Waals surface area contributed by atoms with Crippen LogP contribution in [-0.2, 0) is 0 Å². The van der Waals surface area contributed by atoms with Gasteiger partial charge in [-0.3, -0.25) is 4.79 Å². The van der Waals surface area contributed by atoms with Crippen molar-refractivity contribution in [2.75, 3.05) is 6.61 Å². The Morgan fingerprint density at radius 3 is 3.00 bits per heavy atom. The van der Waals surface area contributed by atoms with Gasteiger partial charge in [-0.05, 0) is 38.0 Å². The molecule has 0 bridgehead atoms. The van der Waals surface area contributed by atoms with E-state index in [4.69, 9.17) is 10.00 Å². The van der Waals surface area contributed by atoms with Crippen LogP contribution in [0.5, 0.6) is 5.75 Å². The van der Waals surface area contributed by atoms with Gasteiger partial charge in [-0.1, -0.05) is 6.07 Å². The van der Waals surface area contributed by atoms with Crippen LogP contribution in [0.2, 0.25) is 0 Å². The van der Waals surface area contributed by atoms with Crippen LogP contribution in [0.1, 0.15) is 46.2 Å². The van der Waals surface area contributed by atoms with Crippen LogP contribution >= 0.6 is 0 Å². The molecule has 2 heterocycles. The molecule has 2 aromatic rings. The van der Waals surface area contributed by atoms with Gasteiger partial charge in [-0.15, -0.1) is 0 Å². The molecule has 0 saturated heterocycles. The van der Waals surface area contributed by atoms with E-state index in [0.29, 0.717) is 30.0 Å². The first-order chi connectivity index (χ1) is 11.6. The highest BCUT2D eigenvalue weighted by Gasteiger charge is 2.23. The number of ether oxygens (including phenoxy) is 1. The summed E-state index contributed by atoms with van der Waals surface area (Å²) >= 11 is 0. The number of carbonyl (C=O) groups excluding carboxylic acids is 1. The highest BCUT2D eigenvalue weighted by Crippen LogP contribution is 2.32. The maximum atomic E-state index is 13.4. The number of hydrogen-bond donors (Lipinski definition) is 1. The Hall–Kier alpha value is -2.94. The molecule has 1 N–H and O–H groups in total. The zero-order chi connectivity index (χ0) is 17.1. The summed E-state index contributed by atoms with van der Waals surface area (Å²) in [6.45, 7) is 2.17. The van der Waals surface area contributed by atoms with Crippen molar-refractivity contribution in [1.29, 1.82) is 5.26 Å². The third-order valence-corrected chi connectivity index (χ3v) is 3.99. The van der Waals surface area contributed by atoms with Gasteiger partial charge in [-0.2, -0.15) is 5.26 Å². The molecule has 1 amide bonds. The molecule has 0 radical (unpaired) electrons. The second-order valence-electron chi connectivity index (χ2n) is 5.64. The number of pyridine rings is 1. The number of halogens is 1. The number of amides is 1. The summed E-state index contributed by atoms with van der Waals surface area (Å²) in [4.78, 5) is 16.7. The molecule has 1 aliphatic rings. The minimum Gasteiger partial charge on any atom is -0.493 e. The predicted octanol–water partition coefficient (Wildman–Crippen LogP) is 3.04. The fourth-order valence-corrected chi connectivity index (χ4v) is 2.73. The average Bonchev–Trinajstić information content (AvgIpc) is 2.76. The Kier molecular flexibility index (Phi) is 4.43. The fraction of sp³-hybridized carbons (Fsp3) is 0.278. The lowest BCUT2D eigenvalue weighted by molar-refractivity contribution is 0.0929.